The van der Waals surface area contributed by atoms with Gasteiger partial charge in [0.1, 0.15) is 5.03 Å². The number of aliphatic hydroxyl groups excluding tert-OH is 1. The molecule has 7 heteroatoms. The molecule has 3 rings (SSSR count). The molecule has 0 saturated carbocycles. The maximum Gasteiger partial charge on any atom is 0.348 e. The zero-order valence-electron chi connectivity index (χ0n) is 14.9. The minimum absolute atomic E-state index is 0.0701. The summed E-state index contributed by atoms with van der Waals surface area (Å²) in [5.74, 6) is 1.21. The van der Waals surface area contributed by atoms with Crippen LogP contribution in [0.1, 0.15) is 43.9 Å². The first-order valence-electron chi connectivity index (χ1n) is 9.24. The Morgan fingerprint density at radius 2 is 2.08 bits per heavy atom. The first-order valence-corrected chi connectivity index (χ1v) is 10.2. The van der Waals surface area contributed by atoms with E-state index in [1.54, 1.807) is 4.57 Å². The van der Waals surface area contributed by atoms with Gasteiger partial charge >= 0.3 is 5.69 Å². The van der Waals surface area contributed by atoms with Crippen LogP contribution in [0.4, 0.5) is 0 Å². The summed E-state index contributed by atoms with van der Waals surface area (Å²) in [6.07, 6.45) is 5.52. The van der Waals surface area contributed by atoms with Crippen molar-refractivity contribution in [3.05, 3.63) is 21.7 Å². The molecule has 6 nitrogen and oxygen atoms in total. The second-order valence-electron chi connectivity index (χ2n) is 7.06. The minimum Gasteiger partial charge on any atom is -0.396 e. The lowest BCUT2D eigenvalue weighted by atomic mass is 9.99. The summed E-state index contributed by atoms with van der Waals surface area (Å²) in [4.78, 5) is 31.0. The van der Waals surface area contributed by atoms with Gasteiger partial charge < -0.3 is 10.0 Å². The van der Waals surface area contributed by atoms with Gasteiger partial charge in [-0.3, -0.25) is 9.36 Å². The third kappa shape index (κ3) is 4.26. The van der Waals surface area contributed by atoms with Crippen molar-refractivity contribution in [3.63, 3.8) is 0 Å². The van der Waals surface area contributed by atoms with E-state index in [4.69, 9.17) is 5.11 Å². The van der Waals surface area contributed by atoms with E-state index in [0.29, 0.717) is 24.6 Å². The van der Waals surface area contributed by atoms with Gasteiger partial charge in [0.25, 0.3) is 0 Å². The monoisotopic (exact) mass is 365 g/mol. The highest BCUT2D eigenvalue weighted by Gasteiger charge is 2.24. The molecule has 25 heavy (non-hydrogen) atoms. The first kappa shape index (κ1) is 18.5. The molecule has 1 fully saturated rings. The van der Waals surface area contributed by atoms with Gasteiger partial charge in [0.05, 0.1) is 5.75 Å². The van der Waals surface area contributed by atoms with E-state index in [1.165, 1.54) is 11.8 Å². The Kier molecular flexibility index (Phi) is 6.17. The average Bonchev–Trinajstić information content (AvgIpc) is 3.09. The quantitative estimate of drug-likeness (QED) is 0.610. The number of carbonyl (C=O) groups excluding carboxylic acids is 1. The van der Waals surface area contributed by atoms with Crippen molar-refractivity contribution in [3.8, 4) is 0 Å². The topological polar surface area (TPSA) is 75.4 Å². The summed E-state index contributed by atoms with van der Waals surface area (Å²) in [5, 5.41) is 9.76. The first-order chi connectivity index (χ1) is 12.1. The highest BCUT2D eigenvalue weighted by atomic mass is 32.2. The molecule has 1 aliphatic heterocycles. The molecule has 1 saturated heterocycles. The molecule has 0 bridgehead atoms. The third-order valence-corrected chi connectivity index (χ3v) is 6.21. The normalized spacial score (nSPS) is 17.8. The van der Waals surface area contributed by atoms with Gasteiger partial charge in [-0.1, -0.05) is 18.7 Å². The van der Waals surface area contributed by atoms with Crippen LogP contribution in [0.3, 0.4) is 0 Å². The predicted molar refractivity (Wildman–Crippen MR) is 97.9 cm³/mol. The number of aromatic nitrogens is 2. The Morgan fingerprint density at radius 3 is 2.80 bits per heavy atom. The lowest BCUT2D eigenvalue weighted by Crippen LogP contribution is -2.39. The molecule has 2 heterocycles. The van der Waals surface area contributed by atoms with E-state index in [9.17, 15) is 9.59 Å². The standard InChI is InChI=1S/C18H27N3O3S/c1-13-6-9-20(10-7-13)16(23)12-25-17-14-4-2-5-15(14)21(8-3-11-22)18(24)19-17/h13,22H,2-12H2,1H3. The largest absolute Gasteiger partial charge is 0.396 e. The smallest absolute Gasteiger partial charge is 0.348 e. The zero-order valence-corrected chi connectivity index (χ0v) is 15.7. The maximum atomic E-state index is 12.4. The van der Waals surface area contributed by atoms with E-state index >= 15 is 0 Å². The summed E-state index contributed by atoms with van der Waals surface area (Å²) in [6.45, 7) is 4.50. The van der Waals surface area contributed by atoms with E-state index in [1.807, 2.05) is 4.90 Å². The van der Waals surface area contributed by atoms with Crippen LogP contribution in [-0.4, -0.2) is 50.9 Å². The van der Waals surface area contributed by atoms with Crippen LogP contribution in [0, 0.1) is 5.92 Å². The number of fused-ring (bicyclic) bond motifs is 1. The van der Waals surface area contributed by atoms with Crippen molar-refractivity contribution in [2.75, 3.05) is 25.4 Å². The van der Waals surface area contributed by atoms with Crippen LogP contribution in [0.5, 0.6) is 0 Å². The van der Waals surface area contributed by atoms with Gasteiger partial charge in [0.15, 0.2) is 0 Å². The molecular formula is C18H27N3O3S. The number of likely N-dealkylation sites (tertiary alicyclic amines) is 1. The van der Waals surface area contributed by atoms with Gasteiger partial charge in [-0.15, -0.1) is 0 Å². The molecule has 1 aromatic heterocycles. The Hall–Kier alpha value is -1.34. The van der Waals surface area contributed by atoms with Crippen molar-refractivity contribution in [1.82, 2.24) is 14.5 Å². The van der Waals surface area contributed by atoms with E-state index in [2.05, 4.69) is 11.9 Å². The van der Waals surface area contributed by atoms with Crippen LogP contribution >= 0.6 is 11.8 Å². The number of hydrogen-bond donors (Lipinski definition) is 1. The van der Waals surface area contributed by atoms with Crippen molar-refractivity contribution in [1.29, 1.82) is 0 Å². The summed E-state index contributed by atoms with van der Waals surface area (Å²) >= 11 is 1.41. The van der Waals surface area contributed by atoms with Gasteiger partial charge in [0, 0.05) is 37.5 Å². The third-order valence-electron chi connectivity index (χ3n) is 5.21. The fourth-order valence-corrected chi connectivity index (χ4v) is 4.62. The Balaban J connectivity index is 1.69. The number of rotatable bonds is 6. The Morgan fingerprint density at radius 1 is 1.32 bits per heavy atom. The van der Waals surface area contributed by atoms with Crippen molar-refractivity contribution >= 4 is 17.7 Å². The van der Waals surface area contributed by atoms with E-state index < -0.39 is 0 Å². The summed E-state index contributed by atoms with van der Waals surface area (Å²) in [7, 11) is 0. The minimum atomic E-state index is -0.254. The number of piperidine rings is 1. The lowest BCUT2D eigenvalue weighted by Gasteiger charge is -2.30. The van der Waals surface area contributed by atoms with E-state index in [0.717, 1.165) is 61.5 Å². The number of nitrogens with zero attached hydrogens (tertiary/aromatic N) is 3. The highest BCUT2D eigenvalue weighted by molar-refractivity contribution is 7.99. The second-order valence-corrected chi connectivity index (χ2v) is 8.02. The van der Waals surface area contributed by atoms with Crippen LogP contribution in [0.2, 0.25) is 0 Å². The molecule has 2 aliphatic rings. The van der Waals surface area contributed by atoms with Gasteiger partial charge in [0.2, 0.25) is 5.91 Å². The summed E-state index contributed by atoms with van der Waals surface area (Å²) in [6, 6.07) is 0. The van der Waals surface area contributed by atoms with Crippen LogP contribution < -0.4 is 5.69 Å². The Bertz CT molecular complexity index is 681. The van der Waals surface area contributed by atoms with Gasteiger partial charge in [-0.05, 0) is 44.4 Å². The molecule has 0 spiro atoms. The molecular weight excluding hydrogens is 338 g/mol. The van der Waals surface area contributed by atoms with Crippen molar-refractivity contribution < 1.29 is 9.90 Å². The van der Waals surface area contributed by atoms with Gasteiger partial charge in [-0.25, -0.2) is 4.79 Å². The molecule has 138 valence electrons. The number of aliphatic hydroxyl groups is 1. The molecule has 0 radical (unpaired) electrons. The number of thioether (sulfide) groups is 1. The van der Waals surface area contributed by atoms with Crippen LogP contribution in [0.25, 0.3) is 0 Å². The SMILES string of the molecule is CC1CCN(C(=O)CSc2nc(=O)n(CCCO)c3c2CCC3)CC1. The van der Waals surface area contributed by atoms with Crippen LogP contribution in [-0.2, 0) is 24.2 Å². The fraction of sp³-hybridized carbons (Fsp3) is 0.722. The van der Waals surface area contributed by atoms with E-state index in [-0.39, 0.29) is 18.2 Å². The number of carbonyl (C=O) groups is 1. The summed E-state index contributed by atoms with van der Waals surface area (Å²) in [5.41, 5.74) is 1.92. The maximum absolute atomic E-state index is 12.4. The molecule has 0 atom stereocenters. The molecule has 1 aromatic rings. The van der Waals surface area contributed by atoms with Crippen molar-refractivity contribution in [2.24, 2.45) is 5.92 Å². The second kappa shape index (κ2) is 8.36. The average molecular weight is 365 g/mol. The number of amides is 1. The molecule has 1 N–H and O–H groups in total. The van der Waals surface area contributed by atoms with Crippen molar-refractivity contribution in [2.45, 2.75) is 57.0 Å². The van der Waals surface area contributed by atoms with Gasteiger partial charge in [-0.2, -0.15) is 4.98 Å². The molecule has 0 unspecified atom stereocenters. The zero-order chi connectivity index (χ0) is 17.8. The fourth-order valence-electron chi connectivity index (χ4n) is 3.64. The molecule has 1 aliphatic carbocycles. The van der Waals surface area contributed by atoms with Crippen LogP contribution in [0.15, 0.2) is 9.82 Å². The lowest BCUT2D eigenvalue weighted by molar-refractivity contribution is -0.129. The summed E-state index contributed by atoms with van der Waals surface area (Å²) < 4.78 is 1.70. The predicted octanol–water partition coefficient (Wildman–Crippen LogP) is 1.46. The molecule has 0 aromatic carbocycles. The number of hydrogen-bond acceptors (Lipinski definition) is 5. The Labute approximate surface area is 152 Å². The molecule has 1 amide bonds. The highest BCUT2D eigenvalue weighted by Crippen LogP contribution is 2.29.